The molecule has 0 atom stereocenters. The number of hydrogen-bond donors (Lipinski definition) is 1. The Hall–Kier alpha value is -4.31. The van der Waals surface area contributed by atoms with Crippen molar-refractivity contribution in [3.8, 4) is 5.75 Å². The van der Waals surface area contributed by atoms with Gasteiger partial charge in [0.2, 0.25) is 5.91 Å². The van der Waals surface area contributed by atoms with E-state index in [0.717, 1.165) is 29.9 Å². The molecule has 4 aromatic rings. The highest BCUT2D eigenvalue weighted by Crippen LogP contribution is 2.22. The van der Waals surface area contributed by atoms with Crippen LogP contribution < -0.4 is 15.0 Å². The molecular formula is C29H29N5O4S. The largest absolute Gasteiger partial charge is 0.484 e. The van der Waals surface area contributed by atoms with Crippen molar-refractivity contribution in [2.24, 2.45) is 0 Å². The van der Waals surface area contributed by atoms with Gasteiger partial charge in [0.1, 0.15) is 5.75 Å². The quantitative estimate of drug-likeness (QED) is 0.305. The fourth-order valence-electron chi connectivity index (χ4n) is 4.22. The number of thioether (sulfide) groups is 1. The average molecular weight is 544 g/mol. The minimum Gasteiger partial charge on any atom is -0.484 e. The number of ether oxygens (including phenoxy) is 1. The third-order valence-corrected chi connectivity index (χ3v) is 7.05. The first-order valence-electron chi connectivity index (χ1n) is 12.7. The molecule has 1 aliphatic rings. The number of aromatic nitrogens is 2. The number of carbonyl (C=O) groups excluding carboxylic acids is 2. The summed E-state index contributed by atoms with van der Waals surface area (Å²) >= 11 is 1.17. The van der Waals surface area contributed by atoms with E-state index in [-0.39, 0.29) is 24.2 Å². The molecule has 1 saturated heterocycles. The number of para-hydroxylation sites is 1. The number of amides is 2. The summed E-state index contributed by atoms with van der Waals surface area (Å²) in [5.41, 5.74) is 3.58. The molecule has 9 nitrogen and oxygen atoms in total. The molecule has 1 aliphatic heterocycles. The van der Waals surface area contributed by atoms with E-state index in [4.69, 9.17) is 9.15 Å². The van der Waals surface area contributed by atoms with Gasteiger partial charge in [0.15, 0.2) is 6.61 Å². The number of hydrogen-bond acceptors (Lipinski definition) is 8. The van der Waals surface area contributed by atoms with E-state index in [9.17, 15) is 9.59 Å². The number of anilines is 2. The Morgan fingerprint density at radius 1 is 0.949 bits per heavy atom. The van der Waals surface area contributed by atoms with E-state index in [1.165, 1.54) is 11.8 Å². The number of nitrogens with zero attached hydrogens (tertiary/aromatic N) is 4. The van der Waals surface area contributed by atoms with Crippen molar-refractivity contribution in [3.05, 3.63) is 95.9 Å². The second kappa shape index (κ2) is 12.5. The lowest BCUT2D eigenvalue weighted by atomic mass is 10.1. The maximum Gasteiger partial charge on any atom is 0.277 e. The summed E-state index contributed by atoms with van der Waals surface area (Å²) in [5.74, 6) is 1.10. The highest BCUT2D eigenvalue weighted by atomic mass is 32.2. The zero-order valence-corrected chi connectivity index (χ0v) is 22.4. The lowest BCUT2D eigenvalue weighted by molar-refractivity contribution is -0.113. The number of benzene rings is 3. The van der Waals surface area contributed by atoms with Crippen LogP contribution in [-0.2, 0) is 11.4 Å². The fourth-order valence-corrected chi connectivity index (χ4v) is 4.81. The van der Waals surface area contributed by atoms with Crippen LogP contribution in [0.5, 0.6) is 5.75 Å². The van der Waals surface area contributed by atoms with Crippen LogP contribution in [0.4, 0.5) is 11.4 Å². The fraction of sp³-hybridized carbons (Fsp3) is 0.241. The van der Waals surface area contributed by atoms with E-state index in [0.29, 0.717) is 35.6 Å². The molecule has 0 aliphatic carbocycles. The first-order chi connectivity index (χ1) is 19.0. The summed E-state index contributed by atoms with van der Waals surface area (Å²) < 4.78 is 11.1. The van der Waals surface area contributed by atoms with E-state index in [1.54, 1.807) is 0 Å². The molecule has 0 unspecified atom stereocenters. The molecule has 5 rings (SSSR count). The molecule has 2 amide bonds. The molecule has 1 fully saturated rings. The number of carbonyl (C=O) groups is 2. The maximum atomic E-state index is 12.8. The number of piperazine rings is 1. The second-order valence-electron chi connectivity index (χ2n) is 9.10. The summed E-state index contributed by atoms with van der Waals surface area (Å²) in [5, 5.41) is 11.1. The van der Waals surface area contributed by atoms with Crippen molar-refractivity contribution >= 4 is 35.0 Å². The zero-order valence-electron chi connectivity index (χ0n) is 21.6. The van der Waals surface area contributed by atoms with Gasteiger partial charge in [0.05, 0.1) is 5.75 Å². The van der Waals surface area contributed by atoms with Crippen LogP contribution in [-0.4, -0.2) is 58.8 Å². The Labute approximate surface area is 231 Å². The summed E-state index contributed by atoms with van der Waals surface area (Å²) in [6.45, 7) is 4.99. The molecule has 1 N–H and O–H groups in total. The summed E-state index contributed by atoms with van der Waals surface area (Å²) in [7, 11) is 0. The minimum absolute atomic E-state index is 0.0755. The van der Waals surface area contributed by atoms with Gasteiger partial charge in [-0.15, -0.1) is 10.2 Å². The zero-order chi connectivity index (χ0) is 27.0. The topological polar surface area (TPSA) is 101 Å². The van der Waals surface area contributed by atoms with Gasteiger partial charge in [-0.05, 0) is 55.5 Å². The van der Waals surface area contributed by atoms with Crippen molar-refractivity contribution in [1.29, 1.82) is 0 Å². The molecule has 0 saturated carbocycles. The highest BCUT2D eigenvalue weighted by molar-refractivity contribution is 7.99. The SMILES string of the molecule is Cc1cccc(C(=O)N2CCN(c3ccc(NC(=O)CSc4nnc(COc5ccccc5)o4)cc3)CC2)c1. The minimum atomic E-state index is -0.170. The summed E-state index contributed by atoms with van der Waals surface area (Å²) in [4.78, 5) is 29.4. The van der Waals surface area contributed by atoms with Gasteiger partial charge in [0.25, 0.3) is 17.0 Å². The van der Waals surface area contributed by atoms with Crippen LogP contribution >= 0.6 is 11.8 Å². The molecular weight excluding hydrogens is 514 g/mol. The molecule has 10 heteroatoms. The second-order valence-corrected chi connectivity index (χ2v) is 10.0. The molecule has 3 aromatic carbocycles. The number of aryl methyl sites for hydroxylation is 1. The average Bonchev–Trinajstić information content (AvgIpc) is 3.44. The highest BCUT2D eigenvalue weighted by Gasteiger charge is 2.22. The summed E-state index contributed by atoms with van der Waals surface area (Å²) in [6, 6.07) is 24.8. The predicted molar refractivity (Wildman–Crippen MR) is 150 cm³/mol. The smallest absolute Gasteiger partial charge is 0.277 e. The van der Waals surface area contributed by atoms with Crippen molar-refractivity contribution in [1.82, 2.24) is 15.1 Å². The molecule has 200 valence electrons. The number of nitrogens with one attached hydrogen (secondary N) is 1. The molecule has 0 bridgehead atoms. The van der Waals surface area contributed by atoms with Crippen LogP contribution in [0.1, 0.15) is 21.8 Å². The Morgan fingerprint density at radius 2 is 1.72 bits per heavy atom. The van der Waals surface area contributed by atoms with Gasteiger partial charge < -0.3 is 24.3 Å². The van der Waals surface area contributed by atoms with Crippen LogP contribution in [0, 0.1) is 6.92 Å². The third-order valence-electron chi connectivity index (χ3n) is 6.23. The standard InChI is InChI=1S/C29H29N5O4S/c1-21-6-5-7-22(18-21)28(36)34-16-14-33(15-17-34)24-12-10-23(11-13-24)30-26(35)20-39-29-32-31-27(38-29)19-37-25-8-3-2-4-9-25/h2-13,18H,14-17,19-20H2,1H3,(H,30,35). The Balaban J connectivity index is 1.05. The van der Waals surface area contributed by atoms with Gasteiger partial charge in [-0.2, -0.15) is 0 Å². The summed E-state index contributed by atoms with van der Waals surface area (Å²) in [6.07, 6.45) is 0. The molecule has 0 radical (unpaired) electrons. The van der Waals surface area contributed by atoms with Gasteiger partial charge in [-0.25, -0.2) is 0 Å². The maximum absolute atomic E-state index is 12.8. The van der Waals surface area contributed by atoms with Gasteiger partial charge in [-0.3, -0.25) is 9.59 Å². The van der Waals surface area contributed by atoms with Gasteiger partial charge in [0, 0.05) is 43.1 Å². The van der Waals surface area contributed by atoms with Crippen LogP contribution in [0.25, 0.3) is 0 Å². The van der Waals surface area contributed by atoms with Gasteiger partial charge >= 0.3 is 0 Å². The Bertz CT molecular complexity index is 1400. The van der Waals surface area contributed by atoms with Crippen molar-refractivity contribution in [2.75, 3.05) is 42.1 Å². The molecule has 1 aromatic heterocycles. The van der Waals surface area contributed by atoms with Crippen LogP contribution in [0.15, 0.2) is 88.5 Å². The van der Waals surface area contributed by atoms with E-state index in [2.05, 4.69) is 20.4 Å². The van der Waals surface area contributed by atoms with Crippen molar-refractivity contribution in [2.45, 2.75) is 18.8 Å². The Morgan fingerprint density at radius 3 is 2.46 bits per heavy atom. The predicted octanol–water partition coefficient (Wildman–Crippen LogP) is 4.65. The van der Waals surface area contributed by atoms with Crippen LogP contribution in [0.3, 0.4) is 0 Å². The first-order valence-corrected chi connectivity index (χ1v) is 13.7. The lowest BCUT2D eigenvalue weighted by Gasteiger charge is -2.36. The number of rotatable bonds is 9. The van der Waals surface area contributed by atoms with E-state index >= 15 is 0 Å². The molecule has 0 spiro atoms. The van der Waals surface area contributed by atoms with Crippen molar-refractivity contribution in [3.63, 3.8) is 0 Å². The molecule has 39 heavy (non-hydrogen) atoms. The van der Waals surface area contributed by atoms with E-state index < -0.39 is 0 Å². The monoisotopic (exact) mass is 543 g/mol. The third kappa shape index (κ3) is 7.17. The van der Waals surface area contributed by atoms with E-state index in [1.807, 2.05) is 90.7 Å². The Kier molecular flexibility index (Phi) is 8.42. The molecule has 2 heterocycles. The first kappa shape index (κ1) is 26.3. The van der Waals surface area contributed by atoms with Crippen LogP contribution in [0.2, 0.25) is 0 Å². The normalized spacial score (nSPS) is 13.3. The van der Waals surface area contributed by atoms with Gasteiger partial charge in [-0.1, -0.05) is 47.7 Å². The van der Waals surface area contributed by atoms with Crippen molar-refractivity contribution < 1.29 is 18.7 Å². The lowest BCUT2D eigenvalue weighted by Crippen LogP contribution is -2.48.